The Bertz CT molecular complexity index is 432. The minimum atomic E-state index is -0.984. The van der Waals surface area contributed by atoms with Gasteiger partial charge in [-0.15, -0.1) is 0 Å². The first-order valence-corrected chi connectivity index (χ1v) is 6.84. The van der Waals surface area contributed by atoms with Crippen molar-refractivity contribution in [3.05, 3.63) is 0 Å². The summed E-state index contributed by atoms with van der Waals surface area (Å²) in [6.45, 7) is 10.2. The second kappa shape index (κ2) is 5.91. The van der Waals surface area contributed by atoms with Crippen LogP contribution >= 0.6 is 0 Å². The van der Waals surface area contributed by atoms with E-state index in [2.05, 4.69) is 0 Å². The number of likely N-dealkylation sites (tertiary alicyclic amines) is 1. The van der Waals surface area contributed by atoms with E-state index in [1.807, 2.05) is 0 Å². The van der Waals surface area contributed by atoms with Crippen LogP contribution in [0.15, 0.2) is 0 Å². The maximum absolute atomic E-state index is 12.0. The predicted molar refractivity (Wildman–Crippen MR) is 73.4 cm³/mol. The van der Waals surface area contributed by atoms with Gasteiger partial charge in [-0.3, -0.25) is 4.79 Å². The molecule has 2 amide bonds. The number of carbonyl (C=O) groups is 3. The Morgan fingerprint density at radius 2 is 1.57 bits per heavy atom. The molecule has 1 heterocycles. The van der Waals surface area contributed by atoms with Crippen LogP contribution < -0.4 is 0 Å². The van der Waals surface area contributed by atoms with E-state index in [4.69, 9.17) is 14.2 Å². The van der Waals surface area contributed by atoms with Crippen LogP contribution in [0.1, 0.15) is 54.4 Å². The third kappa shape index (κ3) is 5.61. The summed E-state index contributed by atoms with van der Waals surface area (Å²) in [6.07, 6.45) is -2.37. The average molecular weight is 301 g/mol. The molecule has 0 aliphatic carbocycles. The number of nitrogens with zero attached hydrogens (tertiary/aromatic N) is 1. The van der Waals surface area contributed by atoms with Gasteiger partial charge < -0.3 is 14.2 Å². The molecule has 0 unspecified atom stereocenters. The summed E-state index contributed by atoms with van der Waals surface area (Å²) in [5.74, 6) is -0.433. The van der Waals surface area contributed by atoms with Crippen molar-refractivity contribution in [1.82, 2.24) is 4.90 Å². The summed E-state index contributed by atoms with van der Waals surface area (Å²) in [5, 5.41) is 0. The van der Waals surface area contributed by atoms with Gasteiger partial charge in [0, 0.05) is 12.8 Å². The van der Waals surface area contributed by atoms with Crippen LogP contribution in [-0.2, 0) is 19.0 Å². The van der Waals surface area contributed by atoms with Gasteiger partial charge in [0.05, 0.1) is 0 Å². The van der Waals surface area contributed by atoms with Gasteiger partial charge in [0.2, 0.25) is 5.91 Å². The standard InChI is InChI=1S/C14H23NO6/c1-13(2,3)20-11(17)15-9(16)7-8-10(15)19-12(18)21-14(4,5)6/h10H,7-8H2,1-6H3/t10-/m0/s1. The maximum Gasteiger partial charge on any atom is 0.510 e. The lowest BCUT2D eigenvalue weighted by Gasteiger charge is -2.27. The van der Waals surface area contributed by atoms with Gasteiger partial charge in [-0.05, 0) is 41.5 Å². The molecule has 0 spiro atoms. The quantitative estimate of drug-likeness (QED) is 0.693. The molecule has 0 saturated carbocycles. The predicted octanol–water partition coefficient (Wildman–Crippen LogP) is 2.82. The molecule has 1 rings (SSSR count). The number of amides is 2. The molecule has 0 aromatic carbocycles. The van der Waals surface area contributed by atoms with E-state index in [1.165, 1.54) is 0 Å². The number of ether oxygens (including phenoxy) is 3. The van der Waals surface area contributed by atoms with Gasteiger partial charge in [0.1, 0.15) is 11.2 Å². The van der Waals surface area contributed by atoms with Crippen LogP contribution in [0.5, 0.6) is 0 Å². The second-order valence-electron chi connectivity index (χ2n) is 6.82. The third-order valence-corrected chi connectivity index (χ3v) is 2.37. The molecule has 1 aliphatic heterocycles. The van der Waals surface area contributed by atoms with Crippen molar-refractivity contribution >= 4 is 18.2 Å². The van der Waals surface area contributed by atoms with E-state index in [9.17, 15) is 14.4 Å². The molecule has 1 saturated heterocycles. The Balaban J connectivity index is 2.71. The molecular weight excluding hydrogens is 278 g/mol. The Labute approximate surface area is 124 Å². The number of imide groups is 1. The summed E-state index contributed by atoms with van der Waals surface area (Å²) in [6, 6.07) is 0. The maximum atomic E-state index is 12.0. The molecule has 0 aromatic heterocycles. The van der Waals surface area contributed by atoms with E-state index in [0.717, 1.165) is 4.90 Å². The van der Waals surface area contributed by atoms with E-state index in [-0.39, 0.29) is 12.8 Å². The Kier molecular flexibility index (Phi) is 4.86. The van der Waals surface area contributed by atoms with Crippen molar-refractivity contribution in [3.63, 3.8) is 0 Å². The number of hydrogen-bond donors (Lipinski definition) is 0. The summed E-state index contributed by atoms with van der Waals surface area (Å²) in [4.78, 5) is 36.2. The van der Waals surface area contributed by atoms with Crippen LogP contribution in [0.4, 0.5) is 9.59 Å². The van der Waals surface area contributed by atoms with E-state index in [1.54, 1.807) is 41.5 Å². The third-order valence-electron chi connectivity index (χ3n) is 2.37. The van der Waals surface area contributed by atoms with Gasteiger partial charge in [-0.1, -0.05) is 0 Å². The van der Waals surface area contributed by atoms with Crippen molar-refractivity contribution in [2.24, 2.45) is 0 Å². The summed E-state index contributed by atoms with van der Waals surface area (Å²) < 4.78 is 15.2. The van der Waals surface area contributed by atoms with Crippen molar-refractivity contribution in [3.8, 4) is 0 Å². The van der Waals surface area contributed by atoms with Gasteiger partial charge in [-0.25, -0.2) is 14.5 Å². The van der Waals surface area contributed by atoms with E-state index in [0.29, 0.717) is 0 Å². The molecule has 7 heteroatoms. The Hall–Kier alpha value is -1.79. The molecule has 1 atom stereocenters. The molecule has 0 radical (unpaired) electrons. The highest BCUT2D eigenvalue weighted by atomic mass is 16.7. The van der Waals surface area contributed by atoms with Crippen LogP contribution in [0, 0.1) is 0 Å². The highest BCUT2D eigenvalue weighted by Gasteiger charge is 2.41. The first kappa shape index (κ1) is 17.3. The van der Waals surface area contributed by atoms with Crippen molar-refractivity contribution in [1.29, 1.82) is 0 Å². The average Bonchev–Trinajstić information content (AvgIpc) is 2.53. The van der Waals surface area contributed by atoms with Crippen LogP contribution in [0.2, 0.25) is 0 Å². The summed E-state index contributed by atoms with van der Waals surface area (Å²) in [7, 11) is 0. The van der Waals surface area contributed by atoms with Gasteiger partial charge in [0.25, 0.3) is 0 Å². The van der Waals surface area contributed by atoms with E-state index >= 15 is 0 Å². The van der Waals surface area contributed by atoms with Crippen molar-refractivity contribution in [2.45, 2.75) is 71.8 Å². The van der Waals surface area contributed by atoms with Crippen LogP contribution in [0.25, 0.3) is 0 Å². The van der Waals surface area contributed by atoms with Crippen molar-refractivity contribution < 1.29 is 28.6 Å². The fourth-order valence-electron chi connectivity index (χ4n) is 1.68. The number of hydrogen-bond acceptors (Lipinski definition) is 6. The van der Waals surface area contributed by atoms with Gasteiger partial charge in [-0.2, -0.15) is 0 Å². The lowest BCUT2D eigenvalue weighted by Crippen LogP contribution is -2.44. The topological polar surface area (TPSA) is 82.1 Å². The smallest absolute Gasteiger partial charge is 0.443 e. The summed E-state index contributed by atoms with van der Waals surface area (Å²) >= 11 is 0. The molecule has 120 valence electrons. The Morgan fingerprint density at radius 1 is 1.05 bits per heavy atom. The molecule has 0 N–H and O–H groups in total. The molecule has 0 aromatic rings. The summed E-state index contributed by atoms with van der Waals surface area (Å²) in [5.41, 5.74) is -1.45. The number of rotatable bonds is 1. The fraction of sp³-hybridized carbons (Fsp3) is 0.786. The van der Waals surface area contributed by atoms with Crippen molar-refractivity contribution in [2.75, 3.05) is 0 Å². The zero-order valence-electron chi connectivity index (χ0n) is 13.4. The molecule has 1 aliphatic rings. The molecule has 1 fully saturated rings. The zero-order valence-corrected chi connectivity index (χ0v) is 13.4. The normalized spacial score (nSPS) is 19.4. The second-order valence-corrected chi connectivity index (χ2v) is 6.82. The molecule has 7 nitrogen and oxygen atoms in total. The minimum absolute atomic E-state index is 0.118. The highest BCUT2D eigenvalue weighted by molar-refractivity contribution is 5.94. The number of carbonyl (C=O) groups excluding carboxylic acids is 3. The lowest BCUT2D eigenvalue weighted by atomic mass is 10.2. The molecule has 0 bridgehead atoms. The first-order valence-electron chi connectivity index (χ1n) is 6.84. The Morgan fingerprint density at radius 3 is 2.05 bits per heavy atom. The zero-order chi connectivity index (χ0) is 16.4. The van der Waals surface area contributed by atoms with E-state index < -0.39 is 35.6 Å². The van der Waals surface area contributed by atoms with Gasteiger partial charge in [0.15, 0.2) is 6.23 Å². The monoisotopic (exact) mass is 301 g/mol. The molecule has 21 heavy (non-hydrogen) atoms. The SMILES string of the molecule is CC(C)(C)OC(=O)O[C@H]1CCC(=O)N1C(=O)OC(C)(C)C. The largest absolute Gasteiger partial charge is 0.510 e. The first-order chi connectivity index (χ1) is 9.39. The minimum Gasteiger partial charge on any atom is -0.443 e. The fourth-order valence-corrected chi connectivity index (χ4v) is 1.68. The van der Waals surface area contributed by atoms with Gasteiger partial charge >= 0.3 is 12.2 Å². The van der Waals surface area contributed by atoms with Crippen LogP contribution in [-0.4, -0.2) is 40.5 Å². The lowest BCUT2D eigenvalue weighted by molar-refractivity contribution is -0.133. The van der Waals surface area contributed by atoms with Crippen LogP contribution in [0.3, 0.4) is 0 Å². The highest BCUT2D eigenvalue weighted by Crippen LogP contribution is 2.24. The molecular formula is C14H23NO6.